The van der Waals surface area contributed by atoms with E-state index in [0.717, 1.165) is 11.1 Å². The van der Waals surface area contributed by atoms with Crippen molar-refractivity contribution in [3.05, 3.63) is 35.4 Å². The first-order valence-corrected chi connectivity index (χ1v) is 8.66. The molecule has 5 heteroatoms. The van der Waals surface area contributed by atoms with Crippen molar-refractivity contribution in [3.8, 4) is 0 Å². The molecule has 1 amide bonds. The van der Waals surface area contributed by atoms with E-state index in [2.05, 4.69) is 0 Å². The van der Waals surface area contributed by atoms with Crippen LogP contribution in [0.4, 0.5) is 4.79 Å². The Morgan fingerprint density at radius 2 is 1.64 bits per heavy atom. The van der Waals surface area contributed by atoms with Gasteiger partial charge in [-0.3, -0.25) is 4.90 Å². The zero-order chi connectivity index (χ0) is 19.4. The van der Waals surface area contributed by atoms with Crippen molar-refractivity contribution in [2.24, 2.45) is 0 Å². The van der Waals surface area contributed by atoms with Crippen molar-refractivity contribution in [1.82, 2.24) is 4.90 Å². The van der Waals surface area contributed by atoms with Crippen molar-refractivity contribution in [2.45, 2.75) is 72.1 Å². The van der Waals surface area contributed by atoms with E-state index in [1.165, 1.54) is 11.9 Å². The van der Waals surface area contributed by atoms with Crippen LogP contribution in [-0.4, -0.2) is 41.8 Å². The normalized spacial score (nSPS) is 15.0. The lowest BCUT2D eigenvalue weighted by atomic mass is 9.92. The molecule has 140 valence electrons. The maximum Gasteiger partial charge on any atom is 0.410 e. The topological polar surface area (TPSA) is 55.8 Å². The molecule has 0 aliphatic carbocycles. The second kappa shape index (κ2) is 8.37. The van der Waals surface area contributed by atoms with Gasteiger partial charge in [0, 0.05) is 13.0 Å². The van der Waals surface area contributed by atoms with Crippen LogP contribution in [-0.2, 0) is 14.3 Å². The standard InChI is InChI=1S/C20H31NO4/c1-13-11-9-10-12-17(13)14(2)16(4)24-18(22)15(3)21(8)19(23)25-20(5,6)7/h9-12,14-16H,1-8H3/t14-,15+,16+/m0/s1. The number of amides is 1. The number of nitrogens with zero attached hydrogens (tertiary/aromatic N) is 1. The second-order valence-corrected chi connectivity index (χ2v) is 7.55. The zero-order valence-electron chi connectivity index (χ0n) is 16.6. The molecule has 0 saturated heterocycles. The van der Waals surface area contributed by atoms with Crippen LogP contribution in [0.3, 0.4) is 0 Å². The highest BCUT2D eigenvalue weighted by atomic mass is 16.6. The Bertz CT molecular complexity index is 606. The van der Waals surface area contributed by atoms with Gasteiger partial charge < -0.3 is 9.47 Å². The van der Waals surface area contributed by atoms with E-state index in [1.54, 1.807) is 27.7 Å². The third-order valence-electron chi connectivity index (χ3n) is 4.29. The Kier molecular flexibility index (Phi) is 7.03. The van der Waals surface area contributed by atoms with E-state index in [9.17, 15) is 9.59 Å². The molecule has 0 spiro atoms. The van der Waals surface area contributed by atoms with Gasteiger partial charge in [-0.15, -0.1) is 0 Å². The molecule has 0 radical (unpaired) electrons. The minimum atomic E-state index is -0.721. The molecule has 25 heavy (non-hydrogen) atoms. The number of benzene rings is 1. The van der Waals surface area contributed by atoms with E-state index in [4.69, 9.17) is 9.47 Å². The highest BCUT2D eigenvalue weighted by Gasteiger charge is 2.30. The maximum atomic E-state index is 12.4. The highest BCUT2D eigenvalue weighted by Crippen LogP contribution is 2.25. The van der Waals surface area contributed by atoms with E-state index in [1.807, 2.05) is 45.0 Å². The molecule has 0 bridgehead atoms. The van der Waals surface area contributed by atoms with Gasteiger partial charge in [0.05, 0.1) is 0 Å². The molecule has 0 fully saturated rings. The first kappa shape index (κ1) is 21.0. The van der Waals surface area contributed by atoms with Crippen LogP contribution in [0.2, 0.25) is 0 Å². The second-order valence-electron chi connectivity index (χ2n) is 7.55. The van der Waals surface area contributed by atoms with Crippen LogP contribution in [0.25, 0.3) is 0 Å². The molecule has 0 aliphatic heterocycles. The van der Waals surface area contributed by atoms with Crippen LogP contribution in [0.1, 0.15) is 58.6 Å². The summed E-state index contributed by atoms with van der Waals surface area (Å²) in [5.41, 5.74) is 1.70. The molecule has 1 rings (SSSR count). The molecular formula is C20H31NO4. The number of rotatable bonds is 5. The summed E-state index contributed by atoms with van der Waals surface area (Å²) in [5.74, 6) is -0.384. The van der Waals surface area contributed by atoms with Gasteiger partial charge in [0.25, 0.3) is 0 Å². The van der Waals surface area contributed by atoms with Crippen LogP contribution in [0.15, 0.2) is 24.3 Å². The van der Waals surface area contributed by atoms with Crippen LogP contribution < -0.4 is 0 Å². The van der Waals surface area contributed by atoms with Gasteiger partial charge in [0.2, 0.25) is 0 Å². The van der Waals surface area contributed by atoms with Crippen LogP contribution in [0, 0.1) is 6.92 Å². The predicted molar refractivity (Wildman–Crippen MR) is 98.6 cm³/mol. The minimum Gasteiger partial charge on any atom is -0.461 e. The third kappa shape index (κ3) is 6.07. The monoisotopic (exact) mass is 349 g/mol. The largest absolute Gasteiger partial charge is 0.461 e. The molecule has 0 saturated carbocycles. The number of carbonyl (C=O) groups excluding carboxylic acids is 2. The smallest absolute Gasteiger partial charge is 0.410 e. The molecule has 3 atom stereocenters. The summed E-state index contributed by atoms with van der Waals surface area (Å²) in [4.78, 5) is 25.8. The van der Waals surface area contributed by atoms with E-state index in [-0.39, 0.29) is 12.0 Å². The number of carbonyl (C=O) groups is 2. The Morgan fingerprint density at radius 1 is 1.08 bits per heavy atom. The number of ether oxygens (including phenoxy) is 2. The number of likely N-dealkylation sites (N-methyl/N-ethyl adjacent to an activating group) is 1. The summed E-state index contributed by atoms with van der Waals surface area (Å²) in [6.45, 7) is 12.9. The molecular weight excluding hydrogens is 318 g/mol. The third-order valence-corrected chi connectivity index (χ3v) is 4.29. The number of hydrogen-bond acceptors (Lipinski definition) is 4. The van der Waals surface area contributed by atoms with Gasteiger partial charge in [-0.2, -0.15) is 0 Å². The van der Waals surface area contributed by atoms with Crippen molar-refractivity contribution in [2.75, 3.05) is 7.05 Å². The van der Waals surface area contributed by atoms with Crippen LogP contribution in [0.5, 0.6) is 0 Å². The maximum absolute atomic E-state index is 12.4. The molecule has 0 N–H and O–H groups in total. The van der Waals surface area contributed by atoms with Crippen molar-refractivity contribution < 1.29 is 19.1 Å². The average molecular weight is 349 g/mol. The Labute approximate surface area is 151 Å². The molecule has 1 aromatic carbocycles. The summed E-state index contributed by atoms with van der Waals surface area (Å²) >= 11 is 0. The lowest BCUT2D eigenvalue weighted by Gasteiger charge is -2.29. The molecule has 5 nitrogen and oxygen atoms in total. The number of aryl methyl sites for hydroxylation is 1. The average Bonchev–Trinajstić information content (AvgIpc) is 2.51. The van der Waals surface area contributed by atoms with Crippen molar-refractivity contribution >= 4 is 12.1 Å². The minimum absolute atomic E-state index is 0.0594. The van der Waals surface area contributed by atoms with Gasteiger partial charge in [0.15, 0.2) is 0 Å². The lowest BCUT2D eigenvalue weighted by molar-refractivity contribution is -0.154. The van der Waals surface area contributed by atoms with Gasteiger partial charge in [-0.1, -0.05) is 31.2 Å². The predicted octanol–water partition coefficient (Wildman–Crippen LogP) is 4.29. The summed E-state index contributed by atoms with van der Waals surface area (Å²) in [6, 6.07) is 7.33. The van der Waals surface area contributed by atoms with E-state index < -0.39 is 23.7 Å². The summed E-state index contributed by atoms with van der Waals surface area (Å²) in [7, 11) is 1.54. The van der Waals surface area contributed by atoms with Gasteiger partial charge in [0.1, 0.15) is 17.7 Å². The van der Waals surface area contributed by atoms with Crippen molar-refractivity contribution in [3.63, 3.8) is 0 Å². The van der Waals surface area contributed by atoms with Gasteiger partial charge >= 0.3 is 12.1 Å². The molecule has 0 unspecified atom stereocenters. The molecule has 1 aromatic rings. The zero-order valence-corrected chi connectivity index (χ0v) is 16.6. The summed E-state index contributed by atoms with van der Waals surface area (Å²) in [5, 5.41) is 0. The lowest BCUT2D eigenvalue weighted by Crippen LogP contribution is -2.44. The number of esters is 1. The highest BCUT2D eigenvalue weighted by molar-refractivity contribution is 5.81. The summed E-state index contributed by atoms with van der Waals surface area (Å²) < 4.78 is 10.9. The fourth-order valence-electron chi connectivity index (χ4n) is 2.38. The molecule has 0 heterocycles. The Morgan fingerprint density at radius 3 is 2.16 bits per heavy atom. The molecule has 0 aromatic heterocycles. The van der Waals surface area contributed by atoms with Gasteiger partial charge in [-0.25, -0.2) is 9.59 Å². The fourth-order valence-corrected chi connectivity index (χ4v) is 2.38. The first-order chi connectivity index (χ1) is 11.4. The quantitative estimate of drug-likeness (QED) is 0.744. The van der Waals surface area contributed by atoms with Crippen LogP contribution >= 0.6 is 0 Å². The molecule has 0 aliphatic rings. The van der Waals surface area contributed by atoms with E-state index in [0.29, 0.717) is 0 Å². The number of hydrogen-bond donors (Lipinski definition) is 0. The van der Waals surface area contributed by atoms with E-state index >= 15 is 0 Å². The SMILES string of the molecule is Cc1ccccc1[C@@H](C)[C@@H](C)OC(=O)[C@@H](C)N(C)C(=O)OC(C)(C)C. The summed E-state index contributed by atoms with van der Waals surface area (Å²) in [6.07, 6.45) is -0.848. The fraction of sp³-hybridized carbons (Fsp3) is 0.600. The Hall–Kier alpha value is -2.04. The Balaban J connectivity index is 2.70. The van der Waals surface area contributed by atoms with Gasteiger partial charge in [-0.05, 0) is 52.7 Å². The first-order valence-electron chi connectivity index (χ1n) is 8.66. The van der Waals surface area contributed by atoms with Crippen molar-refractivity contribution in [1.29, 1.82) is 0 Å².